The monoisotopic (exact) mass is 185 g/mol. The Morgan fingerprint density at radius 3 is 2.85 bits per heavy atom. The van der Waals surface area contributed by atoms with Gasteiger partial charge in [-0.1, -0.05) is 0 Å². The van der Waals surface area contributed by atoms with Gasteiger partial charge in [-0.25, -0.2) is 0 Å². The van der Waals surface area contributed by atoms with Crippen LogP contribution in [0, 0.1) is 0 Å². The molecule has 2 rings (SSSR count). The first-order valence-corrected chi connectivity index (χ1v) is 5.23. The summed E-state index contributed by atoms with van der Waals surface area (Å²) in [5, 5.41) is 13.2. The molecule has 0 aromatic carbocycles. The molecular formula is C10H19NO2. The topological polar surface area (TPSA) is 41.5 Å². The van der Waals surface area contributed by atoms with Crippen molar-refractivity contribution in [2.45, 2.75) is 50.3 Å². The Morgan fingerprint density at radius 2 is 2.31 bits per heavy atom. The Labute approximate surface area is 79.5 Å². The van der Waals surface area contributed by atoms with E-state index in [1.54, 1.807) is 0 Å². The van der Waals surface area contributed by atoms with E-state index < -0.39 is 0 Å². The normalized spacial score (nSPS) is 45.7. The van der Waals surface area contributed by atoms with Crippen LogP contribution in [0.4, 0.5) is 0 Å². The zero-order valence-electron chi connectivity index (χ0n) is 8.25. The highest BCUT2D eigenvalue weighted by molar-refractivity contribution is 4.94. The van der Waals surface area contributed by atoms with Gasteiger partial charge in [0, 0.05) is 18.2 Å². The van der Waals surface area contributed by atoms with Gasteiger partial charge in [0.1, 0.15) is 0 Å². The highest BCUT2D eigenvalue weighted by atomic mass is 16.5. The van der Waals surface area contributed by atoms with Crippen molar-refractivity contribution in [3.63, 3.8) is 0 Å². The second-order valence-electron chi connectivity index (χ2n) is 4.61. The van der Waals surface area contributed by atoms with Crippen molar-refractivity contribution in [3.05, 3.63) is 0 Å². The van der Waals surface area contributed by atoms with Crippen LogP contribution in [0.2, 0.25) is 0 Å². The molecule has 13 heavy (non-hydrogen) atoms. The maximum absolute atomic E-state index is 9.66. The summed E-state index contributed by atoms with van der Waals surface area (Å²) in [5.41, 5.74) is 0.107. The number of nitrogens with one attached hydrogen (secondary N) is 1. The molecule has 1 aliphatic carbocycles. The largest absolute Gasteiger partial charge is 0.392 e. The molecule has 3 atom stereocenters. The number of hydrogen-bond donors (Lipinski definition) is 2. The molecule has 3 heteroatoms. The van der Waals surface area contributed by atoms with Gasteiger partial charge in [-0.3, -0.25) is 0 Å². The predicted molar refractivity (Wildman–Crippen MR) is 50.6 cm³/mol. The van der Waals surface area contributed by atoms with Crippen molar-refractivity contribution in [1.29, 1.82) is 0 Å². The Kier molecular flexibility index (Phi) is 2.58. The van der Waals surface area contributed by atoms with Crippen LogP contribution in [0.15, 0.2) is 0 Å². The van der Waals surface area contributed by atoms with Crippen molar-refractivity contribution < 1.29 is 9.84 Å². The van der Waals surface area contributed by atoms with E-state index in [1.165, 1.54) is 0 Å². The van der Waals surface area contributed by atoms with E-state index in [0.717, 1.165) is 38.9 Å². The molecule has 3 nitrogen and oxygen atoms in total. The van der Waals surface area contributed by atoms with E-state index in [-0.39, 0.29) is 11.6 Å². The summed E-state index contributed by atoms with van der Waals surface area (Å²) in [6, 6.07) is 0.298. The van der Waals surface area contributed by atoms with Crippen LogP contribution >= 0.6 is 0 Å². The third-order valence-corrected chi connectivity index (χ3v) is 3.23. The Morgan fingerprint density at radius 1 is 1.46 bits per heavy atom. The lowest BCUT2D eigenvalue weighted by Crippen LogP contribution is -2.51. The molecule has 0 aromatic heterocycles. The zero-order valence-corrected chi connectivity index (χ0v) is 8.25. The first-order valence-electron chi connectivity index (χ1n) is 5.23. The molecular weight excluding hydrogens is 166 g/mol. The summed E-state index contributed by atoms with van der Waals surface area (Å²) in [7, 11) is 0. The van der Waals surface area contributed by atoms with Crippen molar-refractivity contribution in [2.75, 3.05) is 13.2 Å². The third kappa shape index (κ3) is 2.03. The van der Waals surface area contributed by atoms with E-state index in [9.17, 15) is 5.11 Å². The Bertz CT molecular complexity index is 178. The van der Waals surface area contributed by atoms with Crippen LogP contribution in [-0.4, -0.2) is 36.0 Å². The van der Waals surface area contributed by atoms with Crippen molar-refractivity contribution in [2.24, 2.45) is 0 Å². The number of aliphatic hydroxyl groups excluding tert-OH is 1. The molecule has 1 aliphatic heterocycles. The molecule has 0 amide bonds. The lowest BCUT2D eigenvalue weighted by atomic mass is 9.99. The SMILES string of the molecule is CC1(N[C@@H]2CCC[C@H]2O)CCOC1. The minimum atomic E-state index is -0.141. The summed E-state index contributed by atoms with van der Waals surface area (Å²) < 4.78 is 5.36. The van der Waals surface area contributed by atoms with E-state index in [4.69, 9.17) is 4.74 Å². The number of hydrogen-bond acceptors (Lipinski definition) is 3. The molecule has 2 fully saturated rings. The van der Waals surface area contributed by atoms with Crippen LogP contribution in [-0.2, 0) is 4.74 Å². The molecule has 76 valence electrons. The molecule has 2 aliphatic rings. The summed E-state index contributed by atoms with van der Waals surface area (Å²) in [5.74, 6) is 0. The first-order chi connectivity index (χ1) is 6.20. The van der Waals surface area contributed by atoms with Gasteiger partial charge in [0.05, 0.1) is 12.7 Å². The minimum absolute atomic E-state index is 0.107. The van der Waals surface area contributed by atoms with Gasteiger partial charge in [0.2, 0.25) is 0 Å². The standard InChI is InChI=1S/C10H19NO2/c1-10(5-6-13-7-10)11-8-3-2-4-9(8)12/h8-9,11-12H,2-7H2,1H3/t8-,9-,10?/m1/s1. The average molecular weight is 185 g/mol. The summed E-state index contributed by atoms with van der Waals surface area (Å²) >= 11 is 0. The first kappa shape index (κ1) is 9.44. The Balaban J connectivity index is 1.88. The summed E-state index contributed by atoms with van der Waals surface area (Å²) in [4.78, 5) is 0. The molecule has 1 heterocycles. The lowest BCUT2D eigenvalue weighted by Gasteiger charge is -2.29. The average Bonchev–Trinajstić information content (AvgIpc) is 2.64. The quantitative estimate of drug-likeness (QED) is 0.664. The maximum Gasteiger partial charge on any atom is 0.0693 e. The van der Waals surface area contributed by atoms with Crippen molar-refractivity contribution in [1.82, 2.24) is 5.32 Å². The summed E-state index contributed by atoms with van der Waals surface area (Å²) in [6.07, 6.45) is 4.13. The zero-order chi connectivity index (χ0) is 9.31. The number of rotatable bonds is 2. The van der Waals surface area contributed by atoms with Gasteiger partial charge in [0.15, 0.2) is 0 Å². The van der Waals surface area contributed by atoms with Gasteiger partial charge in [-0.15, -0.1) is 0 Å². The fraction of sp³-hybridized carbons (Fsp3) is 1.00. The van der Waals surface area contributed by atoms with Gasteiger partial charge >= 0.3 is 0 Å². The molecule has 0 spiro atoms. The molecule has 0 radical (unpaired) electrons. The van der Waals surface area contributed by atoms with Crippen molar-refractivity contribution >= 4 is 0 Å². The van der Waals surface area contributed by atoms with Crippen molar-refractivity contribution in [3.8, 4) is 0 Å². The lowest BCUT2D eigenvalue weighted by molar-refractivity contribution is 0.118. The molecule has 1 saturated carbocycles. The maximum atomic E-state index is 9.66. The van der Waals surface area contributed by atoms with Crippen LogP contribution in [0.1, 0.15) is 32.6 Å². The number of aliphatic hydroxyl groups is 1. The fourth-order valence-corrected chi connectivity index (χ4v) is 2.34. The van der Waals surface area contributed by atoms with Gasteiger partial charge < -0.3 is 15.2 Å². The van der Waals surface area contributed by atoms with E-state index in [1.807, 2.05) is 0 Å². The minimum Gasteiger partial charge on any atom is -0.392 e. The van der Waals surface area contributed by atoms with Gasteiger partial charge in [-0.2, -0.15) is 0 Å². The predicted octanol–water partition coefficient (Wildman–Crippen LogP) is 0.668. The third-order valence-electron chi connectivity index (χ3n) is 3.23. The Hall–Kier alpha value is -0.120. The molecule has 0 aromatic rings. The summed E-state index contributed by atoms with van der Waals surface area (Å²) in [6.45, 7) is 3.83. The second kappa shape index (κ2) is 3.56. The second-order valence-corrected chi connectivity index (χ2v) is 4.61. The van der Waals surface area contributed by atoms with E-state index in [2.05, 4.69) is 12.2 Å². The highest BCUT2D eigenvalue weighted by Crippen LogP contribution is 2.25. The molecule has 1 unspecified atom stereocenters. The van der Waals surface area contributed by atoms with Crippen LogP contribution < -0.4 is 5.32 Å². The fourth-order valence-electron chi connectivity index (χ4n) is 2.34. The van der Waals surface area contributed by atoms with E-state index in [0.29, 0.717) is 6.04 Å². The molecule has 2 N–H and O–H groups in total. The van der Waals surface area contributed by atoms with Crippen LogP contribution in [0.5, 0.6) is 0 Å². The van der Waals surface area contributed by atoms with Gasteiger partial charge in [0.25, 0.3) is 0 Å². The molecule has 0 bridgehead atoms. The van der Waals surface area contributed by atoms with Crippen LogP contribution in [0.3, 0.4) is 0 Å². The van der Waals surface area contributed by atoms with Crippen LogP contribution in [0.25, 0.3) is 0 Å². The molecule has 1 saturated heterocycles. The highest BCUT2D eigenvalue weighted by Gasteiger charge is 2.35. The van der Waals surface area contributed by atoms with E-state index >= 15 is 0 Å². The smallest absolute Gasteiger partial charge is 0.0693 e. The number of ether oxygens (including phenoxy) is 1. The van der Waals surface area contributed by atoms with Gasteiger partial charge in [-0.05, 0) is 32.6 Å².